The highest BCUT2D eigenvalue weighted by Gasteiger charge is 2.19. The largest absolute Gasteiger partial charge is 0.350 e. The zero-order chi connectivity index (χ0) is 17.4. The Hall–Kier alpha value is -2.15. The molecule has 0 aliphatic heterocycles. The molecule has 0 unspecified atom stereocenters. The maximum Gasteiger partial charge on any atom is 0.350 e. The topological polar surface area (TPSA) is 63.1 Å². The normalized spacial score (nSPS) is 15.8. The first-order chi connectivity index (χ1) is 12.1. The van der Waals surface area contributed by atoms with Crippen molar-refractivity contribution < 1.29 is 4.39 Å². The fourth-order valence-corrected chi connectivity index (χ4v) is 4.55. The number of aromatic nitrogens is 4. The van der Waals surface area contributed by atoms with E-state index in [0.717, 1.165) is 24.0 Å². The number of nitrogens with zero attached hydrogens (tertiary/aromatic N) is 3. The third-order valence-electron chi connectivity index (χ3n) is 4.61. The fraction of sp³-hybridized carbons (Fsp3) is 0.389. The molecule has 7 heteroatoms. The van der Waals surface area contributed by atoms with Crippen molar-refractivity contribution in [1.29, 1.82) is 0 Å². The molecule has 1 N–H and O–H groups in total. The van der Waals surface area contributed by atoms with Gasteiger partial charge in [0.1, 0.15) is 5.82 Å². The van der Waals surface area contributed by atoms with E-state index in [1.165, 1.54) is 35.9 Å². The molecule has 0 spiro atoms. The summed E-state index contributed by atoms with van der Waals surface area (Å²) in [7, 11) is 0. The van der Waals surface area contributed by atoms with E-state index in [1.54, 1.807) is 23.9 Å². The molecule has 1 aromatic carbocycles. The first-order valence-corrected chi connectivity index (χ1v) is 9.42. The lowest BCUT2D eigenvalue weighted by molar-refractivity contribution is 0.515. The number of benzene rings is 1. The second-order valence-corrected chi connectivity index (χ2v) is 7.72. The van der Waals surface area contributed by atoms with Gasteiger partial charge in [-0.1, -0.05) is 43.2 Å². The summed E-state index contributed by atoms with van der Waals surface area (Å²) >= 11 is 1.64. The summed E-state index contributed by atoms with van der Waals surface area (Å²) < 4.78 is 14.5. The number of hydrogen-bond acceptors (Lipinski definition) is 4. The number of nitrogens with one attached hydrogen (secondary N) is 1. The SMILES string of the molecule is Cc1nn2c(=O)[nH]c(SC3CCCCC3)nc2c1-c1ccc(F)cc1. The summed E-state index contributed by atoms with van der Waals surface area (Å²) in [5.74, 6) is -0.294. The highest BCUT2D eigenvalue weighted by molar-refractivity contribution is 7.99. The van der Waals surface area contributed by atoms with Crippen LogP contribution < -0.4 is 5.69 Å². The second-order valence-electron chi connectivity index (χ2n) is 6.43. The predicted molar refractivity (Wildman–Crippen MR) is 96.5 cm³/mol. The van der Waals surface area contributed by atoms with Crippen LogP contribution in [0, 0.1) is 12.7 Å². The monoisotopic (exact) mass is 358 g/mol. The molecule has 2 aromatic heterocycles. The molecule has 1 aliphatic carbocycles. The quantitative estimate of drug-likeness (QED) is 0.770. The highest BCUT2D eigenvalue weighted by Crippen LogP contribution is 2.33. The van der Waals surface area contributed by atoms with Crippen LogP contribution in [0.4, 0.5) is 4.39 Å². The van der Waals surface area contributed by atoms with Crippen molar-refractivity contribution in [3.05, 3.63) is 46.3 Å². The Kier molecular flexibility index (Phi) is 4.33. The molecule has 3 aromatic rings. The first kappa shape index (κ1) is 16.3. The summed E-state index contributed by atoms with van der Waals surface area (Å²) in [6, 6.07) is 6.19. The van der Waals surface area contributed by atoms with Crippen molar-refractivity contribution >= 4 is 17.4 Å². The molecule has 0 radical (unpaired) electrons. The molecule has 0 atom stereocenters. The zero-order valence-electron chi connectivity index (χ0n) is 14.0. The van der Waals surface area contributed by atoms with Gasteiger partial charge in [0.05, 0.1) is 5.69 Å². The molecule has 25 heavy (non-hydrogen) atoms. The Bertz CT molecular complexity index is 958. The van der Waals surface area contributed by atoms with Crippen LogP contribution in [-0.2, 0) is 0 Å². The Labute approximate surface area is 148 Å². The van der Waals surface area contributed by atoms with Crippen molar-refractivity contribution in [3.8, 4) is 11.1 Å². The molecule has 1 fully saturated rings. The number of thioether (sulfide) groups is 1. The molecule has 2 heterocycles. The van der Waals surface area contributed by atoms with E-state index in [-0.39, 0.29) is 11.5 Å². The van der Waals surface area contributed by atoms with Gasteiger partial charge in [-0.15, -0.1) is 0 Å². The van der Waals surface area contributed by atoms with Gasteiger partial charge in [-0.25, -0.2) is 14.2 Å². The molecule has 5 nitrogen and oxygen atoms in total. The van der Waals surface area contributed by atoms with Crippen LogP contribution in [0.15, 0.2) is 34.2 Å². The van der Waals surface area contributed by atoms with Crippen molar-refractivity contribution in [3.63, 3.8) is 0 Å². The van der Waals surface area contributed by atoms with Crippen molar-refractivity contribution in [1.82, 2.24) is 19.6 Å². The van der Waals surface area contributed by atoms with Crippen LogP contribution in [0.5, 0.6) is 0 Å². The minimum Gasteiger partial charge on any atom is -0.285 e. The maximum atomic E-state index is 13.2. The van der Waals surface area contributed by atoms with Gasteiger partial charge in [0.25, 0.3) is 0 Å². The van der Waals surface area contributed by atoms with Crippen LogP contribution in [0.2, 0.25) is 0 Å². The molecule has 130 valence electrons. The summed E-state index contributed by atoms with van der Waals surface area (Å²) in [5, 5.41) is 5.44. The van der Waals surface area contributed by atoms with Crippen molar-refractivity contribution in [2.75, 3.05) is 0 Å². The van der Waals surface area contributed by atoms with E-state index in [2.05, 4.69) is 15.1 Å². The molecule has 1 saturated carbocycles. The predicted octanol–water partition coefficient (Wildman–Crippen LogP) is 3.96. The molecule has 4 rings (SSSR count). The van der Waals surface area contributed by atoms with Gasteiger partial charge in [-0.05, 0) is 37.5 Å². The number of fused-ring (bicyclic) bond motifs is 1. The number of rotatable bonds is 3. The van der Waals surface area contributed by atoms with E-state index >= 15 is 0 Å². The van der Waals surface area contributed by atoms with Gasteiger partial charge in [0.15, 0.2) is 10.8 Å². The van der Waals surface area contributed by atoms with Gasteiger partial charge < -0.3 is 0 Å². The molecule has 0 saturated heterocycles. The molecular weight excluding hydrogens is 339 g/mol. The summed E-state index contributed by atoms with van der Waals surface area (Å²) in [4.78, 5) is 19.9. The maximum absolute atomic E-state index is 13.2. The summed E-state index contributed by atoms with van der Waals surface area (Å²) in [6.07, 6.45) is 6.06. The van der Waals surface area contributed by atoms with Gasteiger partial charge in [0, 0.05) is 10.8 Å². The Morgan fingerprint density at radius 3 is 2.64 bits per heavy atom. The van der Waals surface area contributed by atoms with Crippen molar-refractivity contribution in [2.24, 2.45) is 0 Å². The smallest absolute Gasteiger partial charge is 0.285 e. The third-order valence-corrected chi connectivity index (χ3v) is 5.83. The lowest BCUT2D eigenvalue weighted by Gasteiger charge is -2.20. The summed E-state index contributed by atoms with van der Waals surface area (Å²) in [5.41, 5.74) is 2.51. The number of aromatic amines is 1. The zero-order valence-corrected chi connectivity index (χ0v) is 14.8. The fourth-order valence-electron chi connectivity index (χ4n) is 3.38. The Morgan fingerprint density at radius 1 is 1.20 bits per heavy atom. The minimum atomic E-state index is -0.294. The Morgan fingerprint density at radius 2 is 1.92 bits per heavy atom. The third kappa shape index (κ3) is 3.20. The van der Waals surface area contributed by atoms with Crippen molar-refractivity contribution in [2.45, 2.75) is 49.4 Å². The summed E-state index contributed by atoms with van der Waals surface area (Å²) in [6.45, 7) is 1.83. The molecular formula is C18H19FN4OS. The standard InChI is InChI=1S/C18H19FN4OS/c1-11-15(12-7-9-13(19)10-8-12)16-20-17(21-18(24)23(16)22-11)25-14-5-3-2-4-6-14/h7-10,14H,2-6H2,1H3,(H,20,21,24). The molecule has 0 bridgehead atoms. The highest BCUT2D eigenvalue weighted by atomic mass is 32.2. The number of aryl methyl sites for hydroxylation is 1. The Balaban J connectivity index is 1.79. The second kappa shape index (κ2) is 6.63. The number of H-pyrrole nitrogens is 1. The van der Waals surface area contributed by atoms with Crippen LogP contribution >= 0.6 is 11.8 Å². The van der Waals surface area contributed by atoms with Crippen LogP contribution in [0.1, 0.15) is 37.8 Å². The van der Waals surface area contributed by atoms with E-state index < -0.39 is 0 Å². The minimum absolute atomic E-state index is 0.292. The van der Waals surface area contributed by atoms with Gasteiger partial charge >= 0.3 is 5.69 Å². The first-order valence-electron chi connectivity index (χ1n) is 8.54. The van der Waals surface area contributed by atoms with Crippen LogP contribution in [-0.4, -0.2) is 24.8 Å². The van der Waals surface area contributed by atoms with Gasteiger partial charge in [0.2, 0.25) is 0 Å². The van der Waals surface area contributed by atoms with E-state index in [9.17, 15) is 9.18 Å². The van der Waals surface area contributed by atoms with Crippen LogP contribution in [0.25, 0.3) is 16.8 Å². The van der Waals surface area contributed by atoms with E-state index in [4.69, 9.17) is 0 Å². The average Bonchev–Trinajstić information content (AvgIpc) is 2.93. The van der Waals surface area contributed by atoms with Gasteiger partial charge in [-0.2, -0.15) is 9.61 Å². The average molecular weight is 358 g/mol. The van der Waals surface area contributed by atoms with E-state index in [0.29, 0.717) is 21.7 Å². The van der Waals surface area contributed by atoms with Crippen LogP contribution in [0.3, 0.4) is 0 Å². The van der Waals surface area contributed by atoms with Gasteiger partial charge in [-0.3, -0.25) is 4.98 Å². The molecule has 0 amide bonds. The number of halogens is 1. The van der Waals surface area contributed by atoms with E-state index in [1.807, 2.05) is 6.92 Å². The lowest BCUT2D eigenvalue weighted by atomic mass is 10.0. The molecule has 1 aliphatic rings. The lowest BCUT2D eigenvalue weighted by Crippen LogP contribution is -2.20. The number of hydrogen-bond donors (Lipinski definition) is 1.